The summed E-state index contributed by atoms with van der Waals surface area (Å²) in [5.41, 5.74) is 7.06. The van der Waals surface area contributed by atoms with Crippen LogP contribution in [0.4, 0.5) is 0 Å². The van der Waals surface area contributed by atoms with Crippen molar-refractivity contribution in [1.29, 1.82) is 0 Å². The first-order valence-corrected chi connectivity index (χ1v) is 4.42. The number of aldehydes is 1. The molecule has 0 saturated carbocycles. The number of benzene rings is 1. The zero-order chi connectivity index (χ0) is 10.8. The molecule has 1 aromatic carbocycles. The summed E-state index contributed by atoms with van der Waals surface area (Å²) in [6.45, 7) is 0. The summed E-state index contributed by atoms with van der Waals surface area (Å²) >= 11 is 0. The van der Waals surface area contributed by atoms with Crippen LogP contribution in [0.3, 0.4) is 0 Å². The molecule has 0 radical (unpaired) electrons. The lowest BCUT2D eigenvalue weighted by molar-refractivity contribution is -0.108. The second-order valence-corrected chi connectivity index (χ2v) is 3.24. The predicted octanol–water partition coefficient (Wildman–Crippen LogP) is 0.455. The third-order valence-corrected chi connectivity index (χ3v) is 2.04. The van der Waals surface area contributed by atoms with Crippen molar-refractivity contribution < 1.29 is 13.6 Å². The molecule has 2 rings (SSSR count). The second kappa shape index (κ2) is 3.70. The standard InChI is InChI=1S/C10H9NO4/c11-7(5-12)3-6-1-2-8-9(4-6)15-10(13)14-8/h1-2,4-5,7H,3,11H2. The molecule has 0 amide bonds. The number of nitrogens with two attached hydrogens (primary N) is 1. The van der Waals surface area contributed by atoms with E-state index in [2.05, 4.69) is 0 Å². The highest BCUT2D eigenvalue weighted by Gasteiger charge is 2.07. The Morgan fingerprint density at radius 1 is 1.33 bits per heavy atom. The molecule has 0 fully saturated rings. The third kappa shape index (κ3) is 1.97. The van der Waals surface area contributed by atoms with Gasteiger partial charge >= 0.3 is 5.82 Å². The number of rotatable bonds is 3. The Morgan fingerprint density at radius 2 is 2.07 bits per heavy atom. The third-order valence-electron chi connectivity index (χ3n) is 2.04. The summed E-state index contributed by atoms with van der Waals surface area (Å²) in [6.07, 6.45) is 1.09. The molecule has 15 heavy (non-hydrogen) atoms. The highest BCUT2D eigenvalue weighted by molar-refractivity contribution is 5.70. The van der Waals surface area contributed by atoms with Gasteiger partial charge in [0, 0.05) is 0 Å². The fourth-order valence-corrected chi connectivity index (χ4v) is 1.36. The highest BCUT2D eigenvalue weighted by atomic mass is 16.6. The summed E-state index contributed by atoms with van der Waals surface area (Å²) < 4.78 is 9.50. The average Bonchev–Trinajstić information content (AvgIpc) is 2.57. The van der Waals surface area contributed by atoms with Crippen LogP contribution in [0.25, 0.3) is 11.2 Å². The van der Waals surface area contributed by atoms with Gasteiger partial charge in [0.25, 0.3) is 0 Å². The van der Waals surface area contributed by atoms with Gasteiger partial charge in [-0.15, -0.1) is 0 Å². The first-order valence-electron chi connectivity index (χ1n) is 4.42. The summed E-state index contributed by atoms with van der Waals surface area (Å²) in [4.78, 5) is 21.1. The molecule has 0 aliphatic carbocycles. The summed E-state index contributed by atoms with van der Waals surface area (Å²) in [5.74, 6) is -0.734. The predicted molar refractivity (Wildman–Crippen MR) is 52.5 cm³/mol. The highest BCUT2D eigenvalue weighted by Crippen LogP contribution is 2.15. The van der Waals surface area contributed by atoms with Crippen LogP contribution >= 0.6 is 0 Å². The normalized spacial score (nSPS) is 12.9. The zero-order valence-corrected chi connectivity index (χ0v) is 7.80. The van der Waals surface area contributed by atoms with E-state index in [-0.39, 0.29) is 0 Å². The molecule has 0 aliphatic rings. The number of hydrogen-bond donors (Lipinski definition) is 1. The van der Waals surface area contributed by atoms with Crippen LogP contribution in [-0.4, -0.2) is 12.3 Å². The van der Waals surface area contributed by atoms with Crippen LogP contribution in [0, 0.1) is 0 Å². The van der Waals surface area contributed by atoms with Gasteiger partial charge in [-0.05, 0) is 24.1 Å². The van der Waals surface area contributed by atoms with Crippen LogP contribution in [0.5, 0.6) is 0 Å². The van der Waals surface area contributed by atoms with Crippen LogP contribution < -0.4 is 11.6 Å². The largest absolute Gasteiger partial charge is 0.519 e. The molecular weight excluding hydrogens is 198 g/mol. The first kappa shape index (κ1) is 9.67. The van der Waals surface area contributed by atoms with Gasteiger partial charge in [-0.1, -0.05) is 6.07 Å². The Morgan fingerprint density at radius 3 is 2.80 bits per heavy atom. The molecule has 1 heterocycles. The monoisotopic (exact) mass is 207 g/mol. The van der Waals surface area contributed by atoms with Crippen molar-refractivity contribution in [2.75, 3.05) is 0 Å². The molecule has 0 bridgehead atoms. The number of hydrogen-bond acceptors (Lipinski definition) is 5. The zero-order valence-electron chi connectivity index (χ0n) is 7.80. The van der Waals surface area contributed by atoms with Crippen LogP contribution in [0.15, 0.2) is 31.8 Å². The average molecular weight is 207 g/mol. The molecule has 0 aliphatic heterocycles. The molecule has 0 saturated heterocycles. The number of fused-ring (bicyclic) bond motifs is 1. The van der Waals surface area contributed by atoms with Crippen LogP contribution in [-0.2, 0) is 11.2 Å². The van der Waals surface area contributed by atoms with Gasteiger partial charge in [0.2, 0.25) is 0 Å². The van der Waals surface area contributed by atoms with Gasteiger partial charge in [0.05, 0.1) is 6.04 Å². The maximum absolute atomic E-state index is 10.8. The minimum absolute atomic E-state index is 0.371. The van der Waals surface area contributed by atoms with E-state index in [1.807, 2.05) is 0 Å². The Bertz CT molecular complexity index is 540. The van der Waals surface area contributed by atoms with E-state index in [1.54, 1.807) is 18.2 Å². The lowest BCUT2D eigenvalue weighted by Crippen LogP contribution is -2.23. The Kier molecular flexibility index (Phi) is 2.39. The molecule has 2 aromatic rings. The quantitative estimate of drug-likeness (QED) is 0.738. The smallest absolute Gasteiger partial charge is 0.391 e. The molecule has 1 atom stereocenters. The summed E-state index contributed by atoms with van der Waals surface area (Å²) in [5, 5.41) is 0. The van der Waals surface area contributed by atoms with Crippen molar-refractivity contribution >= 4 is 17.5 Å². The van der Waals surface area contributed by atoms with E-state index in [0.717, 1.165) is 5.56 Å². The van der Waals surface area contributed by atoms with E-state index in [1.165, 1.54) is 0 Å². The first-order chi connectivity index (χ1) is 7.19. The van der Waals surface area contributed by atoms with E-state index < -0.39 is 11.9 Å². The molecule has 78 valence electrons. The summed E-state index contributed by atoms with van der Waals surface area (Å²) in [7, 11) is 0. The van der Waals surface area contributed by atoms with Crippen molar-refractivity contribution in [3.05, 3.63) is 34.4 Å². The lowest BCUT2D eigenvalue weighted by atomic mass is 10.1. The van der Waals surface area contributed by atoms with Gasteiger partial charge in [0.1, 0.15) is 6.29 Å². The summed E-state index contributed by atoms with van der Waals surface area (Å²) in [6, 6.07) is 4.46. The fourth-order valence-electron chi connectivity index (χ4n) is 1.36. The van der Waals surface area contributed by atoms with Crippen molar-refractivity contribution in [2.45, 2.75) is 12.5 Å². The van der Waals surface area contributed by atoms with Gasteiger partial charge in [0.15, 0.2) is 11.2 Å². The van der Waals surface area contributed by atoms with Crippen molar-refractivity contribution in [3.63, 3.8) is 0 Å². The molecule has 5 nitrogen and oxygen atoms in total. The van der Waals surface area contributed by atoms with E-state index in [4.69, 9.17) is 14.6 Å². The molecular formula is C10H9NO4. The van der Waals surface area contributed by atoms with Crippen molar-refractivity contribution in [2.24, 2.45) is 5.73 Å². The van der Waals surface area contributed by atoms with E-state index >= 15 is 0 Å². The Balaban J connectivity index is 2.37. The molecule has 5 heteroatoms. The van der Waals surface area contributed by atoms with Gasteiger partial charge in [-0.25, -0.2) is 4.79 Å². The topological polar surface area (TPSA) is 86.4 Å². The van der Waals surface area contributed by atoms with E-state index in [9.17, 15) is 9.59 Å². The fraction of sp³-hybridized carbons (Fsp3) is 0.200. The minimum atomic E-state index is -0.734. The SMILES string of the molecule is NC(C=O)Cc1ccc2oc(=O)oc2c1. The lowest BCUT2D eigenvalue weighted by Gasteiger charge is -2.02. The second-order valence-electron chi connectivity index (χ2n) is 3.24. The number of carbonyl (C=O) groups excluding carboxylic acids is 1. The van der Waals surface area contributed by atoms with Crippen molar-refractivity contribution in [1.82, 2.24) is 0 Å². The molecule has 0 spiro atoms. The van der Waals surface area contributed by atoms with Gasteiger partial charge in [-0.2, -0.15) is 0 Å². The molecule has 1 unspecified atom stereocenters. The van der Waals surface area contributed by atoms with Crippen LogP contribution in [0.2, 0.25) is 0 Å². The molecule has 1 aromatic heterocycles. The number of carbonyl (C=O) groups is 1. The Labute approximate surface area is 84.5 Å². The van der Waals surface area contributed by atoms with Gasteiger partial charge in [-0.3, -0.25) is 0 Å². The van der Waals surface area contributed by atoms with E-state index in [0.29, 0.717) is 23.9 Å². The maximum atomic E-state index is 10.8. The minimum Gasteiger partial charge on any atom is -0.391 e. The Hall–Kier alpha value is -1.88. The van der Waals surface area contributed by atoms with Crippen LogP contribution in [0.1, 0.15) is 5.56 Å². The molecule has 2 N–H and O–H groups in total. The maximum Gasteiger partial charge on any atom is 0.519 e. The van der Waals surface area contributed by atoms with Crippen molar-refractivity contribution in [3.8, 4) is 0 Å². The van der Waals surface area contributed by atoms with Gasteiger partial charge < -0.3 is 19.4 Å².